The van der Waals surface area contributed by atoms with Crippen LogP contribution in [0.15, 0.2) is 24.3 Å². The lowest BCUT2D eigenvalue weighted by Gasteiger charge is -2.36. The Balaban J connectivity index is 1.60. The highest BCUT2D eigenvalue weighted by molar-refractivity contribution is 7.89. The molecule has 2 atom stereocenters. The summed E-state index contributed by atoms with van der Waals surface area (Å²) in [5.74, 6) is -0.787. The van der Waals surface area contributed by atoms with Crippen LogP contribution in [0, 0.1) is 5.82 Å². The number of anilines is 1. The lowest BCUT2D eigenvalue weighted by Crippen LogP contribution is -2.53. The highest BCUT2D eigenvalue weighted by Crippen LogP contribution is 2.23. The number of esters is 1. The lowest BCUT2D eigenvalue weighted by atomic mass is 10.2. The van der Waals surface area contributed by atoms with Crippen LogP contribution in [0.3, 0.4) is 0 Å². The van der Waals surface area contributed by atoms with Gasteiger partial charge in [0.25, 0.3) is 0 Å². The van der Waals surface area contributed by atoms with Crippen LogP contribution in [0.5, 0.6) is 0 Å². The third kappa shape index (κ3) is 3.83. The molecule has 2 heterocycles. The van der Waals surface area contributed by atoms with Crippen molar-refractivity contribution in [3.05, 3.63) is 30.1 Å². The molecular formula is C16H23FN4O4S. The number of ether oxygens (including phenoxy) is 1. The maximum atomic E-state index is 13.9. The first-order chi connectivity index (χ1) is 12.4. The second-order valence-corrected chi connectivity index (χ2v) is 8.32. The second kappa shape index (κ2) is 7.87. The van der Waals surface area contributed by atoms with E-state index >= 15 is 0 Å². The van der Waals surface area contributed by atoms with Crippen LogP contribution in [-0.2, 0) is 19.6 Å². The van der Waals surface area contributed by atoms with Crippen LogP contribution in [0.4, 0.5) is 10.1 Å². The van der Waals surface area contributed by atoms with E-state index in [9.17, 15) is 17.6 Å². The van der Waals surface area contributed by atoms with E-state index in [0.717, 1.165) is 0 Å². The molecule has 2 N–H and O–H groups in total. The summed E-state index contributed by atoms with van der Waals surface area (Å²) in [6.07, 6.45) is 0.106. The van der Waals surface area contributed by atoms with Gasteiger partial charge in [0.1, 0.15) is 17.2 Å². The van der Waals surface area contributed by atoms with E-state index in [1.165, 1.54) is 10.4 Å². The molecule has 0 saturated carbocycles. The number of carbonyl (C=O) groups is 1. The SMILES string of the molecule is CCOC(=O)C1CC(S(=O)(=O)N2CCN(c3ccccc3F)CC2)NN1. The van der Waals surface area contributed by atoms with Crippen molar-refractivity contribution in [1.82, 2.24) is 15.2 Å². The van der Waals surface area contributed by atoms with Crippen molar-refractivity contribution in [2.75, 3.05) is 37.7 Å². The summed E-state index contributed by atoms with van der Waals surface area (Å²) in [6, 6.07) is 5.77. The molecule has 144 valence electrons. The average Bonchev–Trinajstić information content (AvgIpc) is 3.14. The summed E-state index contributed by atoms with van der Waals surface area (Å²) >= 11 is 0. The molecule has 0 aromatic heterocycles. The van der Waals surface area contributed by atoms with Crippen molar-refractivity contribution in [1.29, 1.82) is 0 Å². The standard InChI is InChI=1S/C16H23FN4O4S/c1-2-25-16(22)13-11-15(19-18-13)26(23,24)21-9-7-20(8-10-21)14-6-4-3-5-12(14)17/h3-6,13,15,18-19H,2,7-11H2,1H3. The van der Waals surface area contributed by atoms with E-state index in [1.807, 2.05) is 4.90 Å². The molecule has 0 spiro atoms. The summed E-state index contributed by atoms with van der Waals surface area (Å²) in [6.45, 7) is 3.27. The first-order valence-corrected chi connectivity index (χ1v) is 10.1. The molecule has 3 rings (SSSR count). The molecule has 2 saturated heterocycles. The maximum Gasteiger partial charge on any atom is 0.324 e. The number of para-hydroxylation sites is 1. The van der Waals surface area contributed by atoms with Crippen LogP contribution >= 0.6 is 0 Å². The van der Waals surface area contributed by atoms with E-state index in [2.05, 4.69) is 10.9 Å². The summed E-state index contributed by atoms with van der Waals surface area (Å²) in [4.78, 5) is 13.6. The topological polar surface area (TPSA) is 91.0 Å². The van der Waals surface area contributed by atoms with Gasteiger partial charge in [-0.3, -0.25) is 4.79 Å². The van der Waals surface area contributed by atoms with Gasteiger partial charge in [-0.25, -0.2) is 23.7 Å². The summed E-state index contributed by atoms with van der Waals surface area (Å²) < 4.78 is 45.8. The van der Waals surface area contributed by atoms with Crippen molar-refractivity contribution in [2.45, 2.75) is 24.8 Å². The molecule has 0 aliphatic carbocycles. The zero-order chi connectivity index (χ0) is 18.7. The smallest absolute Gasteiger partial charge is 0.324 e. The number of sulfonamides is 1. The molecule has 8 nitrogen and oxygen atoms in total. The van der Waals surface area contributed by atoms with Crippen molar-refractivity contribution in [3.8, 4) is 0 Å². The first-order valence-electron chi connectivity index (χ1n) is 8.59. The Morgan fingerprint density at radius 1 is 1.23 bits per heavy atom. The van der Waals surface area contributed by atoms with E-state index in [4.69, 9.17) is 4.74 Å². The van der Waals surface area contributed by atoms with Crippen molar-refractivity contribution in [3.63, 3.8) is 0 Å². The van der Waals surface area contributed by atoms with Gasteiger partial charge >= 0.3 is 5.97 Å². The fraction of sp³-hybridized carbons (Fsp3) is 0.562. The fourth-order valence-electron chi connectivity index (χ4n) is 3.19. The van der Waals surface area contributed by atoms with Crippen molar-refractivity contribution >= 4 is 21.7 Å². The minimum atomic E-state index is -3.63. The summed E-state index contributed by atoms with van der Waals surface area (Å²) in [5, 5.41) is -0.892. The molecule has 10 heteroatoms. The number of piperazine rings is 1. The van der Waals surface area contributed by atoms with Crippen LogP contribution in [-0.4, -0.2) is 62.9 Å². The monoisotopic (exact) mass is 386 g/mol. The number of halogens is 1. The Morgan fingerprint density at radius 2 is 1.92 bits per heavy atom. The summed E-state index contributed by atoms with van der Waals surface area (Å²) in [7, 11) is -3.63. The highest BCUT2D eigenvalue weighted by atomic mass is 32.2. The van der Waals surface area contributed by atoms with Gasteiger partial charge in [-0.05, 0) is 19.1 Å². The molecule has 2 fully saturated rings. The zero-order valence-electron chi connectivity index (χ0n) is 14.5. The number of hydrogen-bond donors (Lipinski definition) is 2. The molecular weight excluding hydrogens is 363 g/mol. The van der Waals surface area contributed by atoms with Crippen LogP contribution in [0.1, 0.15) is 13.3 Å². The van der Waals surface area contributed by atoms with Gasteiger partial charge in [0, 0.05) is 32.6 Å². The lowest BCUT2D eigenvalue weighted by molar-refractivity contribution is -0.145. The molecule has 2 aliphatic rings. The minimum absolute atomic E-state index is 0.106. The maximum absolute atomic E-state index is 13.9. The van der Waals surface area contributed by atoms with Crippen LogP contribution in [0.25, 0.3) is 0 Å². The number of rotatable bonds is 5. The third-order valence-corrected chi connectivity index (χ3v) is 6.70. The molecule has 1 aromatic rings. The van der Waals surface area contributed by atoms with Crippen molar-refractivity contribution in [2.24, 2.45) is 0 Å². The van der Waals surface area contributed by atoms with Crippen molar-refractivity contribution < 1.29 is 22.3 Å². The Hall–Kier alpha value is -1.75. The Morgan fingerprint density at radius 3 is 2.58 bits per heavy atom. The molecule has 1 aromatic carbocycles. The molecule has 0 radical (unpaired) electrons. The minimum Gasteiger partial charge on any atom is -0.465 e. The van der Waals surface area contributed by atoms with Gasteiger partial charge in [-0.15, -0.1) is 0 Å². The third-order valence-electron chi connectivity index (χ3n) is 4.59. The normalized spacial score (nSPS) is 24.6. The number of hydrogen-bond acceptors (Lipinski definition) is 7. The quantitative estimate of drug-likeness (QED) is 0.690. The number of benzene rings is 1. The molecule has 0 amide bonds. The van der Waals surface area contributed by atoms with Gasteiger partial charge < -0.3 is 9.64 Å². The second-order valence-electron chi connectivity index (χ2n) is 6.20. The molecule has 26 heavy (non-hydrogen) atoms. The van der Waals surface area contributed by atoms with E-state index in [1.54, 1.807) is 25.1 Å². The van der Waals surface area contributed by atoms with Gasteiger partial charge in [0.2, 0.25) is 10.0 Å². The zero-order valence-corrected chi connectivity index (χ0v) is 15.3. The van der Waals surface area contributed by atoms with E-state index in [0.29, 0.717) is 18.8 Å². The van der Waals surface area contributed by atoms with E-state index < -0.39 is 27.4 Å². The average molecular weight is 386 g/mol. The van der Waals surface area contributed by atoms with Gasteiger partial charge in [-0.2, -0.15) is 4.31 Å². The number of carbonyl (C=O) groups excluding carboxylic acids is 1. The molecule has 2 aliphatic heterocycles. The first kappa shape index (κ1) is 19.0. The predicted molar refractivity (Wildman–Crippen MR) is 94.2 cm³/mol. The number of nitrogens with one attached hydrogen (secondary N) is 2. The predicted octanol–water partition coefficient (Wildman–Crippen LogP) is 0.0332. The van der Waals surface area contributed by atoms with Crippen LogP contribution < -0.4 is 15.8 Å². The highest BCUT2D eigenvalue weighted by Gasteiger charge is 2.41. The van der Waals surface area contributed by atoms with Crippen LogP contribution in [0.2, 0.25) is 0 Å². The molecule has 2 unspecified atom stereocenters. The largest absolute Gasteiger partial charge is 0.465 e. The Bertz CT molecular complexity index is 752. The summed E-state index contributed by atoms with van der Waals surface area (Å²) in [5.41, 5.74) is 5.85. The Kier molecular flexibility index (Phi) is 5.76. The molecule has 0 bridgehead atoms. The number of hydrazine groups is 1. The fourth-order valence-corrected chi connectivity index (χ4v) is 4.88. The Labute approximate surface area is 152 Å². The van der Waals surface area contributed by atoms with Gasteiger partial charge in [-0.1, -0.05) is 12.1 Å². The van der Waals surface area contributed by atoms with Gasteiger partial charge in [0.15, 0.2) is 0 Å². The number of nitrogens with zero attached hydrogens (tertiary/aromatic N) is 2. The van der Waals surface area contributed by atoms with E-state index in [-0.39, 0.29) is 31.9 Å². The van der Waals surface area contributed by atoms with Gasteiger partial charge in [0.05, 0.1) is 12.3 Å².